The van der Waals surface area contributed by atoms with Crippen molar-refractivity contribution in [3.05, 3.63) is 28.2 Å². The van der Waals surface area contributed by atoms with Gasteiger partial charge >= 0.3 is 6.03 Å². The van der Waals surface area contributed by atoms with Crippen LogP contribution in [0.3, 0.4) is 0 Å². The van der Waals surface area contributed by atoms with E-state index in [9.17, 15) is 4.79 Å². The number of urea groups is 1. The number of halogens is 1. The molecule has 2 amide bonds. The van der Waals surface area contributed by atoms with Gasteiger partial charge in [-0.05, 0) is 12.1 Å². The third kappa shape index (κ3) is 4.06. The molecule has 10 heteroatoms. The van der Waals surface area contributed by atoms with Crippen LogP contribution < -0.4 is 10.2 Å². The van der Waals surface area contributed by atoms with Gasteiger partial charge in [0.15, 0.2) is 5.82 Å². The average molecular weight is 411 g/mol. The lowest BCUT2D eigenvalue weighted by Gasteiger charge is -2.37. The van der Waals surface area contributed by atoms with Crippen molar-refractivity contribution in [1.29, 1.82) is 0 Å². The summed E-state index contributed by atoms with van der Waals surface area (Å²) in [4.78, 5) is 18.5. The molecule has 27 heavy (non-hydrogen) atoms. The molecule has 1 atom stereocenters. The first-order valence-electron chi connectivity index (χ1n) is 9.01. The third-order valence-electron chi connectivity index (χ3n) is 4.92. The maximum Gasteiger partial charge on any atom is 0.320 e. The Balaban J connectivity index is 1.42. The van der Waals surface area contributed by atoms with Crippen LogP contribution in [-0.2, 0) is 4.74 Å². The Kier molecular flexibility index (Phi) is 5.53. The Morgan fingerprint density at radius 2 is 2.15 bits per heavy atom. The molecular weight excluding hydrogens is 388 g/mol. The molecule has 146 valence electrons. The van der Waals surface area contributed by atoms with E-state index in [4.69, 9.17) is 16.3 Å². The smallest absolute Gasteiger partial charge is 0.320 e. The van der Waals surface area contributed by atoms with Crippen LogP contribution in [0.2, 0.25) is 4.34 Å². The van der Waals surface area contributed by atoms with Crippen molar-refractivity contribution < 1.29 is 9.53 Å². The molecule has 0 radical (unpaired) electrons. The van der Waals surface area contributed by atoms with Crippen LogP contribution in [0.4, 0.5) is 15.6 Å². The van der Waals surface area contributed by atoms with Gasteiger partial charge in [0.05, 0.1) is 34.3 Å². The molecule has 0 bridgehead atoms. The predicted molar refractivity (Wildman–Crippen MR) is 106 cm³/mol. The Morgan fingerprint density at radius 1 is 1.33 bits per heavy atom. The molecular formula is C17H23ClN6O2S. The molecule has 4 rings (SSSR count). The number of ether oxygens (including phenoxy) is 1. The van der Waals surface area contributed by atoms with Crippen molar-refractivity contribution in [2.24, 2.45) is 0 Å². The first kappa shape index (κ1) is 18.5. The van der Waals surface area contributed by atoms with E-state index in [-0.39, 0.29) is 12.1 Å². The number of nitrogens with zero attached hydrogens (tertiary/aromatic N) is 4. The highest BCUT2D eigenvalue weighted by Gasteiger charge is 2.29. The lowest BCUT2D eigenvalue weighted by atomic mass is 10.1. The number of anilines is 2. The maximum atomic E-state index is 12.8. The summed E-state index contributed by atoms with van der Waals surface area (Å²) in [7, 11) is 1.96. The molecule has 2 N–H and O–H groups in total. The van der Waals surface area contributed by atoms with E-state index < -0.39 is 0 Å². The van der Waals surface area contributed by atoms with Crippen molar-refractivity contribution >= 4 is 39.8 Å². The number of nitrogens with one attached hydrogen (secondary N) is 2. The zero-order valence-corrected chi connectivity index (χ0v) is 16.7. The minimum absolute atomic E-state index is 0.0327. The molecule has 4 heterocycles. The highest BCUT2D eigenvalue weighted by molar-refractivity contribution is 7.20. The normalized spacial score (nSPS) is 20.7. The number of H-pyrrole nitrogens is 1. The van der Waals surface area contributed by atoms with Gasteiger partial charge in [-0.15, -0.1) is 11.3 Å². The topological polar surface area (TPSA) is 76.7 Å². The van der Waals surface area contributed by atoms with Crippen LogP contribution >= 0.6 is 22.9 Å². The van der Waals surface area contributed by atoms with Gasteiger partial charge in [-0.2, -0.15) is 5.10 Å². The number of rotatable bonds is 3. The fourth-order valence-electron chi connectivity index (χ4n) is 3.36. The molecule has 0 saturated carbocycles. The van der Waals surface area contributed by atoms with Crippen LogP contribution in [0.25, 0.3) is 0 Å². The SMILES string of the molecule is CN(c1cc(C2CN(C(=O)N3CCOCC3)CCN2)[nH]n1)c1ccc(Cl)s1. The minimum Gasteiger partial charge on any atom is -0.378 e. The predicted octanol–water partition coefficient (Wildman–Crippen LogP) is 2.29. The highest BCUT2D eigenvalue weighted by Crippen LogP contribution is 2.33. The van der Waals surface area contributed by atoms with Gasteiger partial charge in [0.1, 0.15) is 0 Å². The van der Waals surface area contributed by atoms with Gasteiger partial charge in [-0.25, -0.2) is 4.79 Å². The molecule has 2 aromatic heterocycles. The van der Waals surface area contributed by atoms with Gasteiger partial charge in [0.2, 0.25) is 0 Å². The average Bonchev–Trinajstić information content (AvgIpc) is 3.37. The number of aromatic amines is 1. The van der Waals surface area contributed by atoms with Gasteiger partial charge in [-0.1, -0.05) is 11.6 Å². The number of carbonyl (C=O) groups excluding carboxylic acids is 1. The Morgan fingerprint density at radius 3 is 2.89 bits per heavy atom. The number of hydrogen-bond donors (Lipinski definition) is 2. The van der Waals surface area contributed by atoms with Crippen molar-refractivity contribution in [1.82, 2.24) is 25.3 Å². The molecule has 2 aromatic rings. The fraction of sp³-hybridized carbons (Fsp3) is 0.529. The van der Waals surface area contributed by atoms with Crippen LogP contribution in [0.5, 0.6) is 0 Å². The standard InChI is InChI=1S/C17H23ClN6O2S/c1-22(16-3-2-14(18)27-16)15-10-12(20-21-15)13-11-24(5-4-19-13)17(25)23-6-8-26-9-7-23/h2-3,10,13,19H,4-9,11H2,1H3,(H,20,21). The van der Waals surface area contributed by atoms with Crippen LogP contribution in [-0.4, -0.2) is 79.0 Å². The molecule has 1 unspecified atom stereocenters. The zero-order valence-electron chi connectivity index (χ0n) is 15.2. The van der Waals surface area contributed by atoms with Crippen molar-refractivity contribution in [3.63, 3.8) is 0 Å². The second-order valence-corrected chi connectivity index (χ2v) is 8.35. The van der Waals surface area contributed by atoms with E-state index in [1.54, 1.807) is 0 Å². The molecule has 0 aliphatic carbocycles. The largest absolute Gasteiger partial charge is 0.378 e. The molecule has 0 spiro atoms. The van der Waals surface area contributed by atoms with Gasteiger partial charge < -0.3 is 24.8 Å². The summed E-state index contributed by atoms with van der Waals surface area (Å²) in [5, 5.41) is 12.0. The zero-order chi connectivity index (χ0) is 18.8. The van der Waals surface area contributed by atoms with Gasteiger partial charge in [0.25, 0.3) is 0 Å². The first-order chi connectivity index (χ1) is 13.1. The summed E-state index contributed by atoms with van der Waals surface area (Å²) in [6.07, 6.45) is 0. The number of piperazine rings is 1. The maximum absolute atomic E-state index is 12.8. The van der Waals surface area contributed by atoms with Crippen molar-refractivity contribution in [2.75, 3.05) is 57.9 Å². The van der Waals surface area contributed by atoms with Crippen molar-refractivity contribution in [2.45, 2.75) is 6.04 Å². The first-order valence-corrected chi connectivity index (χ1v) is 10.2. The number of carbonyl (C=O) groups is 1. The monoisotopic (exact) mass is 410 g/mol. The number of thiophene rings is 1. The minimum atomic E-state index is 0.0327. The van der Waals surface area contributed by atoms with Gasteiger partial charge in [-0.3, -0.25) is 5.10 Å². The van der Waals surface area contributed by atoms with E-state index in [1.807, 2.05) is 39.9 Å². The number of aromatic nitrogens is 2. The molecule has 2 aliphatic heterocycles. The lowest BCUT2D eigenvalue weighted by molar-refractivity contribution is 0.0406. The Hall–Kier alpha value is -1.81. The van der Waals surface area contributed by atoms with E-state index >= 15 is 0 Å². The number of amides is 2. The molecule has 2 fully saturated rings. The molecule has 0 aromatic carbocycles. The van der Waals surface area contributed by atoms with Crippen molar-refractivity contribution in [3.8, 4) is 0 Å². The summed E-state index contributed by atoms with van der Waals surface area (Å²) >= 11 is 7.54. The summed E-state index contributed by atoms with van der Waals surface area (Å²) in [5.41, 5.74) is 0.971. The van der Waals surface area contributed by atoms with Crippen LogP contribution in [0, 0.1) is 0 Å². The van der Waals surface area contributed by atoms with E-state index in [2.05, 4.69) is 15.5 Å². The Bertz CT molecular complexity index is 790. The number of hydrogen-bond acceptors (Lipinski definition) is 6. The van der Waals surface area contributed by atoms with Crippen LogP contribution in [0.1, 0.15) is 11.7 Å². The molecule has 8 nitrogen and oxygen atoms in total. The summed E-state index contributed by atoms with van der Waals surface area (Å²) < 4.78 is 6.09. The molecule has 2 aliphatic rings. The van der Waals surface area contributed by atoms with E-state index in [0.29, 0.717) is 39.4 Å². The summed E-state index contributed by atoms with van der Waals surface area (Å²) in [6, 6.07) is 6.00. The fourth-order valence-corrected chi connectivity index (χ4v) is 4.36. The lowest BCUT2D eigenvalue weighted by Crippen LogP contribution is -2.54. The quantitative estimate of drug-likeness (QED) is 0.811. The number of morpholine rings is 1. The van der Waals surface area contributed by atoms with E-state index in [0.717, 1.165) is 27.4 Å². The third-order valence-corrected chi connectivity index (χ3v) is 6.23. The Labute approximate surface area is 167 Å². The summed E-state index contributed by atoms with van der Waals surface area (Å²) in [6.45, 7) is 4.64. The van der Waals surface area contributed by atoms with Crippen LogP contribution in [0.15, 0.2) is 18.2 Å². The summed E-state index contributed by atoms with van der Waals surface area (Å²) in [5.74, 6) is 0.821. The van der Waals surface area contributed by atoms with Gasteiger partial charge in [0, 0.05) is 45.8 Å². The highest BCUT2D eigenvalue weighted by atomic mass is 35.5. The second kappa shape index (κ2) is 8.05. The van der Waals surface area contributed by atoms with E-state index in [1.165, 1.54) is 11.3 Å². The second-order valence-electron chi connectivity index (χ2n) is 6.65. The molecule has 2 saturated heterocycles.